The first-order valence-corrected chi connectivity index (χ1v) is 3.38. The van der Waals surface area contributed by atoms with Crippen molar-refractivity contribution in [2.24, 2.45) is 5.73 Å². The van der Waals surface area contributed by atoms with E-state index in [0.29, 0.717) is 0 Å². The van der Waals surface area contributed by atoms with Gasteiger partial charge < -0.3 is 5.73 Å². The van der Waals surface area contributed by atoms with Crippen LogP contribution >= 0.6 is 0 Å². The zero-order chi connectivity index (χ0) is 6.41. The summed E-state index contributed by atoms with van der Waals surface area (Å²) in [7, 11) is 0. The maximum atomic E-state index is 5.36. The van der Waals surface area contributed by atoms with Crippen molar-refractivity contribution in [3.8, 4) is 0 Å². The molecule has 0 amide bonds. The largest absolute Gasteiger partial charge is 0.330 e. The van der Waals surface area contributed by atoms with Crippen molar-refractivity contribution in [3.05, 3.63) is 5.92 Å². The zero-order valence-electron chi connectivity index (χ0n) is 5.91. The van der Waals surface area contributed by atoms with E-state index in [0.717, 1.165) is 13.0 Å². The SMILES string of the molecule is CC[C](CC)CCN. The Hall–Kier alpha value is -0.0400. The van der Waals surface area contributed by atoms with Gasteiger partial charge in [0.1, 0.15) is 0 Å². The molecule has 0 spiro atoms. The van der Waals surface area contributed by atoms with Gasteiger partial charge in [-0.15, -0.1) is 0 Å². The lowest BCUT2D eigenvalue weighted by molar-refractivity contribution is 0.708. The Balaban J connectivity index is 3.07. The molecule has 49 valence electrons. The van der Waals surface area contributed by atoms with Gasteiger partial charge in [0.25, 0.3) is 0 Å². The van der Waals surface area contributed by atoms with E-state index in [1.165, 1.54) is 12.8 Å². The van der Waals surface area contributed by atoms with E-state index in [4.69, 9.17) is 5.73 Å². The highest BCUT2D eigenvalue weighted by Crippen LogP contribution is 2.12. The van der Waals surface area contributed by atoms with Crippen LogP contribution in [0, 0.1) is 5.92 Å². The topological polar surface area (TPSA) is 26.0 Å². The van der Waals surface area contributed by atoms with Crippen LogP contribution in [0.2, 0.25) is 0 Å². The summed E-state index contributed by atoms with van der Waals surface area (Å²) in [4.78, 5) is 0. The molecule has 8 heavy (non-hydrogen) atoms. The summed E-state index contributed by atoms with van der Waals surface area (Å²) >= 11 is 0. The van der Waals surface area contributed by atoms with E-state index in [9.17, 15) is 0 Å². The highest BCUT2D eigenvalue weighted by atomic mass is 14.5. The molecule has 0 aliphatic heterocycles. The molecule has 0 aromatic carbocycles. The average molecular weight is 114 g/mol. The first-order chi connectivity index (χ1) is 3.85. The second-order valence-electron chi connectivity index (χ2n) is 2.00. The average Bonchev–Trinajstić information content (AvgIpc) is 1.83. The fourth-order valence-corrected chi connectivity index (χ4v) is 0.808. The molecule has 1 radical (unpaired) electrons. The van der Waals surface area contributed by atoms with Gasteiger partial charge in [-0.05, 0) is 31.7 Å². The maximum absolute atomic E-state index is 5.36. The van der Waals surface area contributed by atoms with E-state index >= 15 is 0 Å². The second-order valence-corrected chi connectivity index (χ2v) is 2.00. The standard InChI is InChI=1S/C7H16N/c1-3-7(4-2)5-6-8/h3-6,8H2,1-2H3. The first kappa shape index (κ1) is 7.96. The number of rotatable bonds is 4. The van der Waals surface area contributed by atoms with Crippen molar-refractivity contribution in [1.82, 2.24) is 0 Å². The first-order valence-electron chi connectivity index (χ1n) is 3.38. The molecule has 0 bridgehead atoms. The van der Waals surface area contributed by atoms with Crippen LogP contribution in [-0.2, 0) is 0 Å². The Morgan fingerprint density at radius 3 is 1.88 bits per heavy atom. The maximum Gasteiger partial charge on any atom is -0.00718 e. The highest BCUT2D eigenvalue weighted by molar-refractivity contribution is 4.85. The van der Waals surface area contributed by atoms with Crippen LogP contribution in [0.25, 0.3) is 0 Å². The molecular weight excluding hydrogens is 98.1 g/mol. The van der Waals surface area contributed by atoms with Crippen molar-refractivity contribution in [3.63, 3.8) is 0 Å². The minimum absolute atomic E-state index is 0.816. The highest BCUT2D eigenvalue weighted by Gasteiger charge is 1.99. The molecule has 0 saturated heterocycles. The van der Waals surface area contributed by atoms with Gasteiger partial charge in [-0.1, -0.05) is 13.8 Å². The third kappa shape index (κ3) is 3.03. The minimum Gasteiger partial charge on any atom is -0.330 e. The van der Waals surface area contributed by atoms with Crippen LogP contribution < -0.4 is 5.73 Å². The van der Waals surface area contributed by atoms with Crippen molar-refractivity contribution < 1.29 is 0 Å². The van der Waals surface area contributed by atoms with E-state index in [1.54, 1.807) is 5.92 Å². The molecule has 0 rings (SSSR count). The van der Waals surface area contributed by atoms with Gasteiger partial charge in [-0.3, -0.25) is 0 Å². The monoisotopic (exact) mass is 114 g/mol. The molecular formula is C7H16N. The predicted molar refractivity (Wildman–Crippen MR) is 37.5 cm³/mol. The van der Waals surface area contributed by atoms with Crippen molar-refractivity contribution in [2.45, 2.75) is 33.1 Å². The Morgan fingerprint density at radius 1 is 1.25 bits per heavy atom. The lowest BCUT2D eigenvalue weighted by Gasteiger charge is -2.07. The number of hydrogen-bond donors (Lipinski definition) is 1. The molecule has 0 fully saturated rings. The van der Waals surface area contributed by atoms with Gasteiger partial charge in [0, 0.05) is 0 Å². The van der Waals surface area contributed by atoms with Crippen LogP contribution in [0.3, 0.4) is 0 Å². The van der Waals surface area contributed by atoms with Gasteiger partial charge in [-0.25, -0.2) is 0 Å². The Labute approximate surface area is 52.3 Å². The number of nitrogens with two attached hydrogens (primary N) is 1. The molecule has 0 unspecified atom stereocenters. The quantitative estimate of drug-likeness (QED) is 0.591. The van der Waals surface area contributed by atoms with Crippen molar-refractivity contribution >= 4 is 0 Å². The van der Waals surface area contributed by atoms with E-state index in [1.807, 2.05) is 0 Å². The van der Waals surface area contributed by atoms with Crippen LogP contribution in [0.1, 0.15) is 33.1 Å². The molecule has 0 aliphatic rings. The molecule has 0 aromatic rings. The molecule has 2 N–H and O–H groups in total. The van der Waals surface area contributed by atoms with Gasteiger partial charge >= 0.3 is 0 Å². The lowest BCUT2D eigenvalue weighted by atomic mass is 10.00. The van der Waals surface area contributed by atoms with E-state index < -0.39 is 0 Å². The normalized spacial score (nSPS) is 10.5. The molecule has 0 saturated carbocycles. The summed E-state index contributed by atoms with van der Waals surface area (Å²) in [6.07, 6.45) is 3.52. The molecule has 0 aliphatic carbocycles. The van der Waals surface area contributed by atoms with Gasteiger partial charge in [0.05, 0.1) is 0 Å². The molecule has 1 heteroatoms. The third-order valence-corrected chi connectivity index (χ3v) is 1.50. The smallest absolute Gasteiger partial charge is 0.00718 e. The lowest BCUT2D eigenvalue weighted by Crippen LogP contribution is -2.04. The van der Waals surface area contributed by atoms with E-state index in [2.05, 4.69) is 13.8 Å². The summed E-state index contributed by atoms with van der Waals surface area (Å²) in [5, 5.41) is 0. The van der Waals surface area contributed by atoms with Gasteiger partial charge in [0.2, 0.25) is 0 Å². The summed E-state index contributed by atoms with van der Waals surface area (Å²) in [6.45, 7) is 5.19. The predicted octanol–water partition coefficient (Wildman–Crippen LogP) is 1.73. The third-order valence-electron chi connectivity index (χ3n) is 1.50. The van der Waals surface area contributed by atoms with Gasteiger partial charge in [-0.2, -0.15) is 0 Å². The molecule has 0 heterocycles. The van der Waals surface area contributed by atoms with Crippen molar-refractivity contribution in [1.29, 1.82) is 0 Å². The van der Waals surface area contributed by atoms with E-state index in [-0.39, 0.29) is 0 Å². The fourth-order valence-electron chi connectivity index (χ4n) is 0.808. The van der Waals surface area contributed by atoms with Crippen molar-refractivity contribution in [2.75, 3.05) is 6.54 Å². The summed E-state index contributed by atoms with van der Waals surface area (Å²) in [6, 6.07) is 0. The van der Waals surface area contributed by atoms with Crippen LogP contribution in [0.5, 0.6) is 0 Å². The molecule has 0 atom stereocenters. The summed E-state index contributed by atoms with van der Waals surface area (Å²) in [5.41, 5.74) is 5.36. The zero-order valence-corrected chi connectivity index (χ0v) is 5.91. The van der Waals surface area contributed by atoms with Crippen LogP contribution in [0.4, 0.5) is 0 Å². The number of hydrogen-bond acceptors (Lipinski definition) is 1. The summed E-state index contributed by atoms with van der Waals surface area (Å²) < 4.78 is 0. The molecule has 0 aromatic heterocycles. The summed E-state index contributed by atoms with van der Waals surface area (Å²) in [5.74, 6) is 1.59. The molecule has 1 nitrogen and oxygen atoms in total. The second kappa shape index (κ2) is 5.10. The van der Waals surface area contributed by atoms with Crippen LogP contribution in [0.15, 0.2) is 0 Å². The Bertz CT molecular complexity index is 39.7. The fraction of sp³-hybridized carbons (Fsp3) is 0.857. The Kier molecular flexibility index (Phi) is 5.08. The Morgan fingerprint density at radius 2 is 1.75 bits per heavy atom. The van der Waals surface area contributed by atoms with Gasteiger partial charge in [0.15, 0.2) is 0 Å². The van der Waals surface area contributed by atoms with Crippen LogP contribution in [-0.4, -0.2) is 6.54 Å². The minimum atomic E-state index is 0.816.